The molecule has 2 fully saturated rings. The predicted octanol–water partition coefficient (Wildman–Crippen LogP) is 2.68. The first-order valence-corrected chi connectivity index (χ1v) is 10.3. The van der Waals surface area contributed by atoms with Gasteiger partial charge in [-0.05, 0) is 54.1 Å². The molecule has 0 radical (unpaired) electrons. The van der Waals surface area contributed by atoms with Gasteiger partial charge in [-0.15, -0.1) is 24.0 Å². The number of aliphatic imine (C=N–C) groups is 1. The average molecular weight is 493 g/mol. The Bertz CT molecular complexity index is 489. The number of likely N-dealkylation sites (N-methyl/N-ethyl adjacent to an activating group) is 1. The highest BCUT2D eigenvalue weighted by atomic mass is 127. The molecule has 1 heterocycles. The maximum Gasteiger partial charge on any atom is 0.225 e. The van der Waals surface area contributed by atoms with Crippen molar-refractivity contribution in [1.29, 1.82) is 0 Å². The molecule has 1 saturated heterocycles. The number of carbonyl (C=O) groups is 1. The van der Waals surface area contributed by atoms with E-state index in [2.05, 4.69) is 55.3 Å². The third kappa shape index (κ3) is 7.40. The summed E-state index contributed by atoms with van der Waals surface area (Å²) in [5.41, 5.74) is 0.0149. The summed E-state index contributed by atoms with van der Waals surface area (Å²) in [4.78, 5) is 21.8. The third-order valence-corrected chi connectivity index (χ3v) is 5.97. The van der Waals surface area contributed by atoms with E-state index in [9.17, 15) is 4.79 Å². The summed E-state index contributed by atoms with van der Waals surface area (Å²) in [6, 6.07) is 0.294. The molecule has 27 heavy (non-hydrogen) atoms. The summed E-state index contributed by atoms with van der Waals surface area (Å²) in [5, 5.41) is 6.89. The molecule has 158 valence electrons. The fourth-order valence-corrected chi connectivity index (χ4v) is 3.61. The second kappa shape index (κ2) is 11.4. The first-order valence-electron chi connectivity index (χ1n) is 10.3. The number of rotatable bonds is 6. The smallest absolute Gasteiger partial charge is 0.225 e. The standard InChI is InChI=1S/C20H39N5O.HI/c1-6-21-19(22-15-20(2,3)24(4)5)23-17-12-13-25(14-17)18(26)16-10-8-7-9-11-16;/h16-17H,6-15H2,1-5H3,(H2,21,22,23);1H. The number of guanidine groups is 1. The first kappa shape index (κ1) is 24.5. The molecule has 1 saturated carbocycles. The van der Waals surface area contributed by atoms with Crippen LogP contribution < -0.4 is 10.6 Å². The molecule has 2 aliphatic rings. The molecular formula is C20H40IN5O. The van der Waals surface area contributed by atoms with Gasteiger partial charge in [0.1, 0.15) is 0 Å². The molecule has 6 nitrogen and oxygen atoms in total. The number of hydrogen-bond acceptors (Lipinski definition) is 3. The predicted molar refractivity (Wildman–Crippen MR) is 124 cm³/mol. The lowest BCUT2D eigenvalue weighted by molar-refractivity contribution is -0.135. The molecule has 2 rings (SSSR count). The summed E-state index contributed by atoms with van der Waals surface area (Å²) in [6.07, 6.45) is 6.88. The summed E-state index contributed by atoms with van der Waals surface area (Å²) in [5.74, 6) is 1.51. The molecule has 1 amide bonds. The van der Waals surface area contributed by atoms with Crippen molar-refractivity contribution in [3.63, 3.8) is 0 Å². The van der Waals surface area contributed by atoms with Crippen molar-refractivity contribution in [2.24, 2.45) is 10.9 Å². The minimum atomic E-state index is 0. The number of nitrogens with zero attached hydrogens (tertiary/aromatic N) is 3. The second-order valence-corrected chi connectivity index (χ2v) is 8.65. The topological polar surface area (TPSA) is 60.0 Å². The first-order chi connectivity index (χ1) is 12.3. The van der Waals surface area contributed by atoms with Crippen LogP contribution in [0, 0.1) is 5.92 Å². The van der Waals surface area contributed by atoms with Crippen LogP contribution >= 0.6 is 24.0 Å². The van der Waals surface area contributed by atoms with E-state index < -0.39 is 0 Å². The molecule has 1 atom stereocenters. The van der Waals surface area contributed by atoms with Crippen LogP contribution in [0.1, 0.15) is 59.3 Å². The van der Waals surface area contributed by atoms with Crippen molar-refractivity contribution in [2.75, 3.05) is 40.3 Å². The number of carbonyl (C=O) groups excluding carboxylic acids is 1. The lowest BCUT2D eigenvalue weighted by Gasteiger charge is -2.31. The fourth-order valence-electron chi connectivity index (χ4n) is 3.61. The maximum absolute atomic E-state index is 12.7. The molecule has 0 aromatic rings. The Morgan fingerprint density at radius 2 is 1.85 bits per heavy atom. The van der Waals surface area contributed by atoms with Crippen LogP contribution in [0.2, 0.25) is 0 Å². The fraction of sp³-hybridized carbons (Fsp3) is 0.900. The maximum atomic E-state index is 12.7. The largest absolute Gasteiger partial charge is 0.357 e. The Hall–Kier alpha value is -0.570. The average Bonchev–Trinajstić information content (AvgIpc) is 3.08. The monoisotopic (exact) mass is 493 g/mol. The number of amides is 1. The Morgan fingerprint density at radius 3 is 2.44 bits per heavy atom. The van der Waals surface area contributed by atoms with Crippen LogP contribution in [0.15, 0.2) is 4.99 Å². The highest BCUT2D eigenvalue weighted by Crippen LogP contribution is 2.26. The van der Waals surface area contributed by atoms with E-state index in [-0.39, 0.29) is 35.4 Å². The van der Waals surface area contributed by atoms with Crippen LogP contribution in [-0.4, -0.2) is 73.5 Å². The quantitative estimate of drug-likeness (QED) is 0.340. The van der Waals surface area contributed by atoms with E-state index in [1.807, 2.05) is 0 Å². The van der Waals surface area contributed by atoms with Crippen LogP contribution in [0.5, 0.6) is 0 Å². The van der Waals surface area contributed by atoms with Gasteiger partial charge in [0.2, 0.25) is 5.91 Å². The summed E-state index contributed by atoms with van der Waals surface area (Å²) < 4.78 is 0. The molecule has 0 bridgehead atoms. The van der Waals surface area contributed by atoms with Gasteiger partial charge in [0.05, 0.1) is 6.54 Å². The van der Waals surface area contributed by atoms with Gasteiger partial charge >= 0.3 is 0 Å². The lowest BCUT2D eigenvalue weighted by Crippen LogP contribution is -2.47. The third-order valence-electron chi connectivity index (χ3n) is 5.97. The molecule has 1 aliphatic heterocycles. The zero-order chi connectivity index (χ0) is 19.2. The molecule has 0 aromatic carbocycles. The van der Waals surface area contributed by atoms with E-state index in [0.29, 0.717) is 11.9 Å². The highest BCUT2D eigenvalue weighted by molar-refractivity contribution is 14.0. The molecule has 0 aromatic heterocycles. The van der Waals surface area contributed by atoms with Crippen molar-refractivity contribution in [2.45, 2.75) is 70.9 Å². The van der Waals surface area contributed by atoms with Crippen molar-refractivity contribution in [3.8, 4) is 0 Å². The van der Waals surface area contributed by atoms with Crippen molar-refractivity contribution in [1.82, 2.24) is 20.4 Å². The van der Waals surface area contributed by atoms with Gasteiger partial charge in [0, 0.05) is 37.1 Å². The van der Waals surface area contributed by atoms with E-state index >= 15 is 0 Å². The molecule has 1 unspecified atom stereocenters. The van der Waals surface area contributed by atoms with Gasteiger partial charge in [-0.3, -0.25) is 9.79 Å². The Balaban J connectivity index is 0.00000364. The minimum absolute atomic E-state index is 0. The minimum Gasteiger partial charge on any atom is -0.357 e. The number of halogens is 1. The van der Waals surface area contributed by atoms with E-state index in [1.165, 1.54) is 19.3 Å². The van der Waals surface area contributed by atoms with Crippen LogP contribution in [0.3, 0.4) is 0 Å². The molecule has 1 aliphatic carbocycles. The normalized spacial score (nSPS) is 21.9. The molecule has 7 heteroatoms. The van der Waals surface area contributed by atoms with Crippen molar-refractivity contribution < 1.29 is 4.79 Å². The number of likely N-dealkylation sites (tertiary alicyclic amines) is 1. The van der Waals surface area contributed by atoms with Gasteiger partial charge in [0.25, 0.3) is 0 Å². The summed E-state index contributed by atoms with van der Waals surface area (Å²) in [6.45, 7) is 9.72. The zero-order valence-electron chi connectivity index (χ0n) is 17.9. The Kier molecular flexibility index (Phi) is 10.4. The summed E-state index contributed by atoms with van der Waals surface area (Å²) >= 11 is 0. The van der Waals surface area contributed by atoms with E-state index in [4.69, 9.17) is 4.99 Å². The van der Waals surface area contributed by atoms with Crippen molar-refractivity contribution in [3.05, 3.63) is 0 Å². The van der Waals surface area contributed by atoms with Crippen LogP contribution in [-0.2, 0) is 4.79 Å². The molecule has 2 N–H and O–H groups in total. The van der Waals surface area contributed by atoms with E-state index in [1.54, 1.807) is 0 Å². The second-order valence-electron chi connectivity index (χ2n) is 8.65. The molecular weight excluding hydrogens is 453 g/mol. The number of nitrogens with one attached hydrogen (secondary N) is 2. The molecule has 0 spiro atoms. The van der Waals surface area contributed by atoms with Crippen LogP contribution in [0.25, 0.3) is 0 Å². The van der Waals surface area contributed by atoms with Gasteiger partial charge < -0.3 is 20.4 Å². The zero-order valence-corrected chi connectivity index (χ0v) is 20.2. The van der Waals surface area contributed by atoms with E-state index in [0.717, 1.165) is 51.4 Å². The van der Waals surface area contributed by atoms with Gasteiger partial charge in [-0.25, -0.2) is 0 Å². The number of hydrogen-bond donors (Lipinski definition) is 2. The summed E-state index contributed by atoms with van der Waals surface area (Å²) in [7, 11) is 4.17. The van der Waals surface area contributed by atoms with Gasteiger partial charge in [-0.2, -0.15) is 0 Å². The Labute approximate surface area is 182 Å². The van der Waals surface area contributed by atoms with Crippen molar-refractivity contribution >= 4 is 35.8 Å². The Morgan fingerprint density at radius 1 is 1.19 bits per heavy atom. The van der Waals surface area contributed by atoms with Crippen LogP contribution in [0.4, 0.5) is 0 Å². The van der Waals surface area contributed by atoms with Gasteiger partial charge in [-0.1, -0.05) is 19.3 Å². The lowest BCUT2D eigenvalue weighted by atomic mass is 9.88. The van der Waals surface area contributed by atoms with Gasteiger partial charge in [0.15, 0.2) is 5.96 Å². The SMILES string of the molecule is CCNC(=NCC(C)(C)N(C)C)NC1CCN(C(=O)C2CCCCC2)C1.I. The highest BCUT2D eigenvalue weighted by Gasteiger charge is 2.32.